The summed E-state index contributed by atoms with van der Waals surface area (Å²) in [4.78, 5) is 19.8. The van der Waals surface area contributed by atoms with Crippen LogP contribution >= 0.6 is 0 Å². The molecule has 0 spiro atoms. The van der Waals surface area contributed by atoms with Crippen LogP contribution in [0.2, 0.25) is 0 Å². The predicted octanol–water partition coefficient (Wildman–Crippen LogP) is 8.01. The summed E-state index contributed by atoms with van der Waals surface area (Å²) in [5.74, 6) is -0.490. The normalized spacial score (nSPS) is 16.4. The number of pyridine rings is 2. The molecule has 3 atom stereocenters. The fourth-order valence-electron chi connectivity index (χ4n) is 5.11. The summed E-state index contributed by atoms with van der Waals surface area (Å²) in [6.45, 7) is 5.98. The number of ether oxygens (including phenoxy) is 1. The SMILES string of the molecule is COc1ccc2cc(C(C)C(=O)O)ccc2c1.Cc1c(C)c2cccnc2c2ncccc12.O.[NH-]C1CCCC[C@@H]1[NH-].[Pt+2]. The molecule has 230 valence electrons. The van der Waals surface area contributed by atoms with Crippen LogP contribution in [0.4, 0.5) is 0 Å². The number of nitrogens with zero attached hydrogens (tertiary/aromatic N) is 2. The second-order valence-corrected chi connectivity index (χ2v) is 10.6. The number of benzene rings is 3. The molecule has 0 saturated heterocycles. The van der Waals surface area contributed by atoms with E-state index in [1.807, 2.05) is 60.9 Å². The second kappa shape index (κ2) is 16.4. The predicted molar refractivity (Wildman–Crippen MR) is 171 cm³/mol. The van der Waals surface area contributed by atoms with Crippen molar-refractivity contribution >= 4 is 38.5 Å². The van der Waals surface area contributed by atoms with Gasteiger partial charge in [0.25, 0.3) is 0 Å². The standard InChI is InChI=1S/C14H12N2.C14H14O3.C6H12N2.H2O.Pt/c1-9-10(2)12-6-4-8-16-14(12)13-11(9)5-3-7-15-13;1-9(14(15)16)10-3-4-12-8-13(17-2)6-5-11(12)7-10;7-5-3-1-2-4-6(5)8;;/h3-8H,1-2H3;3-9H,1-2H3,(H,15,16);5-8H,1-4H2;1H2;/q;;-2;;+2/t;;5-,6?;;/m..0../s1. The largest absolute Gasteiger partial charge is 2.00 e. The molecule has 43 heavy (non-hydrogen) atoms. The van der Waals surface area contributed by atoms with E-state index in [0.29, 0.717) is 0 Å². The van der Waals surface area contributed by atoms with Crippen LogP contribution in [0.15, 0.2) is 73.1 Å². The molecule has 1 saturated carbocycles. The third kappa shape index (κ3) is 8.58. The topological polar surface area (TPSA) is 151 Å². The summed E-state index contributed by atoms with van der Waals surface area (Å²) in [6, 6.07) is 19.4. The second-order valence-electron chi connectivity index (χ2n) is 10.6. The van der Waals surface area contributed by atoms with Crippen molar-refractivity contribution in [2.45, 2.75) is 64.5 Å². The summed E-state index contributed by atoms with van der Waals surface area (Å²) in [5, 5.41) is 13.4. The number of fused-ring (bicyclic) bond motifs is 4. The number of carbonyl (C=O) groups is 1. The van der Waals surface area contributed by atoms with Gasteiger partial charge >= 0.3 is 27.0 Å². The van der Waals surface area contributed by atoms with E-state index in [2.05, 4.69) is 35.9 Å². The molecule has 0 bridgehead atoms. The minimum Gasteiger partial charge on any atom is -0.676 e. The van der Waals surface area contributed by atoms with Crippen LogP contribution in [-0.2, 0) is 25.9 Å². The Bertz CT molecular complexity index is 1590. The van der Waals surface area contributed by atoms with Crippen LogP contribution in [0.3, 0.4) is 0 Å². The fraction of sp³-hybridized carbons (Fsp3) is 0.324. The number of hydrogen-bond acceptors (Lipinski definition) is 4. The quantitative estimate of drug-likeness (QED) is 0.185. The van der Waals surface area contributed by atoms with Crippen molar-refractivity contribution in [3.63, 3.8) is 0 Å². The van der Waals surface area contributed by atoms with Crippen LogP contribution in [0.5, 0.6) is 5.75 Å². The molecule has 0 aliphatic heterocycles. The Morgan fingerprint density at radius 2 is 1.35 bits per heavy atom. The molecular weight excluding hydrogens is 723 g/mol. The van der Waals surface area contributed by atoms with E-state index in [-0.39, 0.29) is 38.6 Å². The van der Waals surface area contributed by atoms with Gasteiger partial charge in [-0.15, -0.1) is 0 Å². The molecule has 1 aliphatic rings. The molecule has 2 aromatic heterocycles. The van der Waals surface area contributed by atoms with E-state index < -0.39 is 11.9 Å². The van der Waals surface area contributed by atoms with Gasteiger partial charge in [0.1, 0.15) is 5.75 Å². The monoisotopic (exact) mass is 763 g/mol. The maximum Gasteiger partial charge on any atom is 2.00 e. The molecule has 5 aromatic rings. The Balaban J connectivity index is 0.000000233. The number of aryl methyl sites for hydroxylation is 2. The minimum absolute atomic E-state index is 0. The molecular formula is C34H40N4O4Pt. The van der Waals surface area contributed by atoms with Crippen molar-refractivity contribution in [1.82, 2.24) is 9.97 Å². The number of nitrogens with one attached hydrogen (secondary N) is 2. The molecule has 8 nitrogen and oxygen atoms in total. The van der Waals surface area contributed by atoms with Gasteiger partial charge in [-0.2, -0.15) is 12.1 Å². The smallest absolute Gasteiger partial charge is 0.676 e. The van der Waals surface area contributed by atoms with E-state index in [1.165, 1.54) is 34.7 Å². The first-order valence-corrected chi connectivity index (χ1v) is 14.0. The van der Waals surface area contributed by atoms with Crippen LogP contribution in [-0.4, -0.2) is 45.7 Å². The van der Waals surface area contributed by atoms with Crippen LogP contribution in [0.1, 0.15) is 55.2 Å². The first-order valence-electron chi connectivity index (χ1n) is 14.0. The van der Waals surface area contributed by atoms with E-state index >= 15 is 0 Å². The van der Waals surface area contributed by atoms with Crippen molar-refractivity contribution in [2.75, 3.05) is 7.11 Å². The summed E-state index contributed by atoms with van der Waals surface area (Å²) >= 11 is 0. The molecule has 5 N–H and O–H groups in total. The molecule has 9 heteroatoms. The van der Waals surface area contributed by atoms with Crippen molar-refractivity contribution in [2.24, 2.45) is 0 Å². The van der Waals surface area contributed by atoms with Gasteiger partial charge in [0, 0.05) is 23.2 Å². The van der Waals surface area contributed by atoms with E-state index in [0.717, 1.165) is 46.0 Å². The zero-order valence-corrected chi connectivity index (χ0v) is 27.2. The first kappa shape index (κ1) is 35.8. The number of hydrogen-bond donors (Lipinski definition) is 1. The number of aliphatic carboxylic acids is 1. The minimum atomic E-state index is -0.808. The number of methoxy groups -OCH3 is 1. The van der Waals surface area contributed by atoms with E-state index in [4.69, 9.17) is 21.3 Å². The molecule has 2 heterocycles. The molecule has 3 aromatic carbocycles. The van der Waals surface area contributed by atoms with Crippen molar-refractivity contribution in [3.05, 3.63) is 101 Å². The van der Waals surface area contributed by atoms with Gasteiger partial charge in [0.15, 0.2) is 0 Å². The van der Waals surface area contributed by atoms with E-state index in [1.54, 1.807) is 14.0 Å². The molecule has 1 aliphatic carbocycles. The third-order valence-corrected chi connectivity index (χ3v) is 7.92. The Labute approximate surface area is 267 Å². The maximum atomic E-state index is 10.9. The molecule has 1 fully saturated rings. The zero-order chi connectivity index (χ0) is 29.5. The van der Waals surface area contributed by atoms with Gasteiger partial charge in [-0.05, 0) is 72.5 Å². The number of carboxylic acids is 1. The van der Waals surface area contributed by atoms with Crippen molar-refractivity contribution in [1.29, 1.82) is 0 Å². The average Bonchev–Trinajstić information content (AvgIpc) is 3.01. The number of rotatable bonds is 3. The van der Waals surface area contributed by atoms with E-state index in [9.17, 15) is 4.79 Å². The molecule has 0 amide bonds. The summed E-state index contributed by atoms with van der Waals surface area (Å²) in [5.41, 5.74) is 20.0. The van der Waals surface area contributed by atoms with Gasteiger partial charge < -0.3 is 26.8 Å². The van der Waals surface area contributed by atoms with Crippen molar-refractivity contribution < 1.29 is 41.2 Å². The van der Waals surface area contributed by atoms with Gasteiger partial charge in [-0.3, -0.25) is 14.8 Å². The van der Waals surface area contributed by atoms with Gasteiger partial charge in [-0.1, -0.05) is 62.1 Å². The van der Waals surface area contributed by atoms with Crippen molar-refractivity contribution in [3.8, 4) is 5.75 Å². The summed E-state index contributed by atoms with van der Waals surface area (Å²) in [7, 11) is 1.63. The van der Waals surface area contributed by atoms with Crippen LogP contribution in [0, 0.1) is 13.8 Å². The van der Waals surface area contributed by atoms with Crippen LogP contribution in [0.25, 0.3) is 44.0 Å². The van der Waals surface area contributed by atoms with Gasteiger partial charge in [0.2, 0.25) is 0 Å². The average molecular weight is 764 g/mol. The van der Waals surface area contributed by atoms with Gasteiger partial charge in [0.05, 0.1) is 24.1 Å². The molecule has 0 radical (unpaired) electrons. The first-order chi connectivity index (χ1) is 19.7. The fourth-order valence-corrected chi connectivity index (χ4v) is 5.11. The summed E-state index contributed by atoms with van der Waals surface area (Å²) < 4.78 is 5.14. The number of aromatic nitrogens is 2. The maximum absolute atomic E-state index is 10.9. The Hall–Kier alpha value is -3.42. The Morgan fingerprint density at radius 3 is 1.81 bits per heavy atom. The summed E-state index contributed by atoms with van der Waals surface area (Å²) in [6.07, 6.45) is 7.89. The third-order valence-electron chi connectivity index (χ3n) is 7.92. The Kier molecular flexibility index (Phi) is 13.7. The van der Waals surface area contributed by atoms with Gasteiger partial charge in [-0.25, -0.2) is 0 Å². The Morgan fingerprint density at radius 1 is 0.860 bits per heavy atom. The molecule has 2 unspecified atom stereocenters. The molecule has 6 rings (SSSR count). The van der Waals surface area contributed by atoms with Crippen LogP contribution < -0.4 is 4.74 Å². The number of carboxylic acid groups (broad SMARTS) is 1. The zero-order valence-electron chi connectivity index (χ0n) is 25.0.